The highest BCUT2D eigenvalue weighted by molar-refractivity contribution is 7.98. The Hall–Kier alpha value is -0.670. The fourth-order valence-electron chi connectivity index (χ4n) is 1.43. The van der Waals surface area contributed by atoms with Gasteiger partial charge in [-0.15, -0.1) is 0 Å². The van der Waals surface area contributed by atoms with Crippen molar-refractivity contribution in [2.24, 2.45) is 0 Å². The van der Waals surface area contributed by atoms with E-state index < -0.39 is 0 Å². The minimum absolute atomic E-state index is 0.370. The highest BCUT2D eigenvalue weighted by Crippen LogP contribution is 2.18. The summed E-state index contributed by atoms with van der Waals surface area (Å²) in [4.78, 5) is 0. The Morgan fingerprint density at radius 2 is 2.25 bits per heavy atom. The molecule has 0 saturated heterocycles. The first kappa shape index (κ1) is 13.4. The van der Waals surface area contributed by atoms with Gasteiger partial charge in [-0.2, -0.15) is 11.8 Å². The van der Waals surface area contributed by atoms with E-state index in [9.17, 15) is 0 Å². The normalized spacial score (nSPS) is 12.4. The Bertz CT molecular complexity index is 304. The van der Waals surface area contributed by atoms with Crippen LogP contribution in [-0.2, 0) is 0 Å². The van der Waals surface area contributed by atoms with Crippen molar-refractivity contribution in [2.75, 3.05) is 25.7 Å². The Labute approximate surface area is 103 Å². The van der Waals surface area contributed by atoms with Crippen LogP contribution in [0.2, 0.25) is 0 Å². The number of rotatable bonds is 7. The Balaban J connectivity index is 2.47. The smallest absolute Gasteiger partial charge is 0.119 e. The molecule has 1 aromatic rings. The van der Waals surface area contributed by atoms with E-state index in [2.05, 4.69) is 30.6 Å². The summed E-state index contributed by atoms with van der Waals surface area (Å²) in [7, 11) is 1.97. The molecule has 0 spiro atoms. The largest absolute Gasteiger partial charge is 0.494 e. The van der Waals surface area contributed by atoms with Crippen molar-refractivity contribution in [1.29, 1.82) is 0 Å². The number of nitrogens with one attached hydrogen (secondary N) is 1. The maximum atomic E-state index is 5.70. The van der Waals surface area contributed by atoms with Crippen molar-refractivity contribution in [2.45, 2.75) is 19.4 Å². The molecule has 90 valence electrons. The number of ether oxygens (including phenoxy) is 1. The summed E-state index contributed by atoms with van der Waals surface area (Å²) in [5, 5.41) is 3.23. The maximum absolute atomic E-state index is 5.70. The van der Waals surface area contributed by atoms with Gasteiger partial charge in [0.05, 0.1) is 6.61 Å². The van der Waals surface area contributed by atoms with Crippen LogP contribution < -0.4 is 10.1 Å². The van der Waals surface area contributed by atoms with Gasteiger partial charge in [-0.05, 0) is 50.1 Å². The van der Waals surface area contributed by atoms with Gasteiger partial charge in [0.15, 0.2) is 0 Å². The van der Waals surface area contributed by atoms with E-state index in [4.69, 9.17) is 4.74 Å². The molecule has 0 saturated carbocycles. The Kier molecular flexibility index (Phi) is 6.34. The predicted octanol–water partition coefficient (Wildman–Crippen LogP) is 3.10. The summed E-state index contributed by atoms with van der Waals surface area (Å²) in [5.74, 6) is 2.13. The van der Waals surface area contributed by atoms with E-state index in [-0.39, 0.29) is 0 Å². The molecule has 0 radical (unpaired) electrons. The van der Waals surface area contributed by atoms with Crippen LogP contribution in [0.15, 0.2) is 24.3 Å². The SMILES string of the molecule is CNC(C)c1cccc(OCCCSC)c1. The lowest BCUT2D eigenvalue weighted by Gasteiger charge is -2.12. The molecule has 1 unspecified atom stereocenters. The van der Waals surface area contributed by atoms with E-state index in [0.29, 0.717) is 6.04 Å². The first-order valence-corrected chi connectivity index (χ1v) is 7.06. The average Bonchev–Trinajstić information content (AvgIpc) is 2.34. The van der Waals surface area contributed by atoms with Crippen LogP contribution in [0.3, 0.4) is 0 Å². The summed E-state index contributed by atoms with van der Waals surface area (Å²) in [6.07, 6.45) is 3.22. The van der Waals surface area contributed by atoms with Crippen LogP contribution in [0.5, 0.6) is 5.75 Å². The van der Waals surface area contributed by atoms with Gasteiger partial charge >= 0.3 is 0 Å². The first-order chi connectivity index (χ1) is 7.77. The molecule has 0 aliphatic heterocycles. The predicted molar refractivity (Wildman–Crippen MR) is 72.4 cm³/mol. The van der Waals surface area contributed by atoms with Gasteiger partial charge in [-0.3, -0.25) is 0 Å². The maximum Gasteiger partial charge on any atom is 0.119 e. The van der Waals surface area contributed by atoms with Crippen LogP contribution >= 0.6 is 11.8 Å². The van der Waals surface area contributed by atoms with E-state index >= 15 is 0 Å². The lowest BCUT2D eigenvalue weighted by molar-refractivity contribution is 0.318. The third-order valence-corrected chi connectivity index (χ3v) is 3.25. The topological polar surface area (TPSA) is 21.3 Å². The van der Waals surface area contributed by atoms with Crippen LogP contribution in [0, 0.1) is 0 Å². The molecule has 1 rings (SSSR count). The molecule has 0 aliphatic rings. The number of hydrogen-bond acceptors (Lipinski definition) is 3. The molecule has 2 nitrogen and oxygen atoms in total. The molecule has 1 atom stereocenters. The molecule has 1 N–H and O–H groups in total. The van der Waals surface area contributed by atoms with Crippen LogP contribution in [-0.4, -0.2) is 25.7 Å². The second-order valence-corrected chi connectivity index (χ2v) is 4.76. The van der Waals surface area contributed by atoms with Crippen molar-refractivity contribution in [3.8, 4) is 5.75 Å². The molecule has 0 bridgehead atoms. The number of benzene rings is 1. The minimum atomic E-state index is 0.370. The molecule has 0 fully saturated rings. The quantitative estimate of drug-likeness (QED) is 0.739. The monoisotopic (exact) mass is 239 g/mol. The van der Waals surface area contributed by atoms with Gasteiger partial charge in [0.25, 0.3) is 0 Å². The standard InChI is InChI=1S/C13H21NOS/c1-11(14-2)12-6-4-7-13(10-12)15-8-5-9-16-3/h4,6-7,10-11,14H,5,8-9H2,1-3H3. The van der Waals surface area contributed by atoms with Crippen molar-refractivity contribution in [1.82, 2.24) is 5.32 Å². The van der Waals surface area contributed by atoms with E-state index in [1.54, 1.807) is 0 Å². The zero-order valence-electron chi connectivity index (χ0n) is 10.3. The van der Waals surface area contributed by atoms with E-state index in [1.165, 1.54) is 5.56 Å². The lowest BCUT2D eigenvalue weighted by Crippen LogP contribution is -2.12. The molecular weight excluding hydrogens is 218 g/mol. The van der Waals surface area contributed by atoms with Gasteiger partial charge in [-0.1, -0.05) is 12.1 Å². The molecule has 0 aliphatic carbocycles. The van der Waals surface area contributed by atoms with Gasteiger partial charge in [0.2, 0.25) is 0 Å². The average molecular weight is 239 g/mol. The fraction of sp³-hybridized carbons (Fsp3) is 0.538. The highest BCUT2D eigenvalue weighted by atomic mass is 32.2. The van der Waals surface area contributed by atoms with Crippen molar-refractivity contribution < 1.29 is 4.74 Å². The third kappa shape index (κ3) is 4.45. The van der Waals surface area contributed by atoms with Crippen LogP contribution in [0.4, 0.5) is 0 Å². The number of thioether (sulfide) groups is 1. The van der Waals surface area contributed by atoms with Crippen LogP contribution in [0.1, 0.15) is 24.9 Å². The molecular formula is C13H21NOS. The van der Waals surface area contributed by atoms with Crippen molar-refractivity contribution in [3.63, 3.8) is 0 Å². The molecule has 0 aromatic heterocycles. The molecule has 3 heteroatoms. The van der Waals surface area contributed by atoms with Crippen LogP contribution in [0.25, 0.3) is 0 Å². The van der Waals surface area contributed by atoms with E-state index in [0.717, 1.165) is 24.5 Å². The Morgan fingerprint density at radius 1 is 1.44 bits per heavy atom. The molecule has 1 aromatic carbocycles. The first-order valence-electron chi connectivity index (χ1n) is 5.67. The molecule has 0 heterocycles. The Morgan fingerprint density at radius 3 is 2.94 bits per heavy atom. The second-order valence-electron chi connectivity index (χ2n) is 3.78. The zero-order valence-corrected chi connectivity index (χ0v) is 11.1. The summed E-state index contributed by atoms with van der Waals surface area (Å²) in [6, 6.07) is 8.67. The minimum Gasteiger partial charge on any atom is -0.494 e. The van der Waals surface area contributed by atoms with Gasteiger partial charge < -0.3 is 10.1 Å². The lowest BCUT2D eigenvalue weighted by atomic mass is 10.1. The second kappa shape index (κ2) is 7.58. The molecule has 16 heavy (non-hydrogen) atoms. The summed E-state index contributed by atoms with van der Waals surface area (Å²) < 4.78 is 5.70. The van der Waals surface area contributed by atoms with Gasteiger partial charge in [-0.25, -0.2) is 0 Å². The zero-order chi connectivity index (χ0) is 11.8. The number of hydrogen-bond donors (Lipinski definition) is 1. The summed E-state index contributed by atoms with van der Waals surface area (Å²) in [5.41, 5.74) is 1.27. The van der Waals surface area contributed by atoms with Gasteiger partial charge in [0.1, 0.15) is 5.75 Å². The van der Waals surface area contributed by atoms with Gasteiger partial charge in [0, 0.05) is 6.04 Å². The highest BCUT2D eigenvalue weighted by Gasteiger charge is 2.03. The molecule has 0 amide bonds. The summed E-state index contributed by atoms with van der Waals surface area (Å²) >= 11 is 1.86. The van der Waals surface area contributed by atoms with Crippen molar-refractivity contribution >= 4 is 11.8 Å². The summed E-state index contributed by atoms with van der Waals surface area (Å²) in [6.45, 7) is 2.95. The van der Waals surface area contributed by atoms with E-state index in [1.807, 2.05) is 30.9 Å². The third-order valence-electron chi connectivity index (χ3n) is 2.55. The van der Waals surface area contributed by atoms with Crippen molar-refractivity contribution in [3.05, 3.63) is 29.8 Å². The fourth-order valence-corrected chi connectivity index (χ4v) is 1.84.